The van der Waals surface area contributed by atoms with E-state index in [1.807, 2.05) is 6.92 Å². The summed E-state index contributed by atoms with van der Waals surface area (Å²) in [5.74, 6) is -2.78. The molecule has 1 aliphatic heterocycles. The molecule has 4 aromatic rings. The number of esters is 1. The van der Waals surface area contributed by atoms with Gasteiger partial charge >= 0.3 is 5.97 Å². The van der Waals surface area contributed by atoms with Crippen molar-refractivity contribution in [2.24, 2.45) is 0 Å². The lowest BCUT2D eigenvalue weighted by Crippen LogP contribution is -2.31. The lowest BCUT2D eigenvalue weighted by atomic mass is 9.94. The fourth-order valence-electron chi connectivity index (χ4n) is 4.37. The van der Waals surface area contributed by atoms with Gasteiger partial charge in [0.15, 0.2) is 11.5 Å². The molecule has 9 heteroatoms. The largest absolute Gasteiger partial charge is 0.508 e. The maximum Gasteiger partial charge on any atom is 0.338 e. The molecule has 0 saturated carbocycles. The lowest BCUT2D eigenvalue weighted by molar-refractivity contribution is -0.117. The summed E-state index contributed by atoms with van der Waals surface area (Å²) in [6.45, 7) is 2.17. The summed E-state index contributed by atoms with van der Waals surface area (Å²) in [5.41, 5.74) is 1.34. The molecular weight excluding hydrogens is 510 g/mol. The van der Waals surface area contributed by atoms with Crippen molar-refractivity contribution in [3.8, 4) is 5.75 Å². The number of halogens is 1. The van der Waals surface area contributed by atoms with E-state index in [2.05, 4.69) is 0 Å². The Morgan fingerprint density at radius 1 is 1.00 bits per heavy atom. The van der Waals surface area contributed by atoms with Crippen LogP contribution in [0.1, 0.15) is 45.9 Å². The maximum atomic E-state index is 13.7. The van der Waals surface area contributed by atoms with Crippen LogP contribution in [0.25, 0.3) is 11.0 Å². The number of carbonyl (C=O) groups excluding carboxylic acids is 3. The molecule has 1 unspecified atom stereocenters. The molecule has 0 bridgehead atoms. The lowest BCUT2D eigenvalue weighted by Gasteiger charge is -2.27. The minimum absolute atomic E-state index is 0.00481. The number of carbonyl (C=O) groups is 3. The first-order valence-corrected chi connectivity index (χ1v) is 12.2. The van der Waals surface area contributed by atoms with Gasteiger partial charge in [-0.1, -0.05) is 30.7 Å². The SMILES string of the molecule is CCCOC(=O)c1ccc(N2C(=O)C(O)=C(C(=O)c3cc4cc(Cl)ccc4o3)C2c2ccc(O)cc2)cc1. The molecular formula is C29H22ClNO7. The zero-order valence-electron chi connectivity index (χ0n) is 20.2. The molecule has 0 spiro atoms. The van der Waals surface area contributed by atoms with E-state index in [4.69, 9.17) is 20.8 Å². The maximum absolute atomic E-state index is 13.7. The van der Waals surface area contributed by atoms with Crippen molar-refractivity contribution >= 4 is 45.9 Å². The van der Waals surface area contributed by atoms with E-state index in [-0.39, 0.29) is 23.7 Å². The van der Waals surface area contributed by atoms with Crippen LogP contribution in [0.2, 0.25) is 5.02 Å². The Labute approximate surface area is 222 Å². The number of ether oxygens (including phenoxy) is 1. The number of benzene rings is 3. The summed E-state index contributed by atoms with van der Waals surface area (Å²) in [6.07, 6.45) is 0.681. The molecule has 5 rings (SSSR count). The van der Waals surface area contributed by atoms with Crippen molar-refractivity contribution in [1.29, 1.82) is 0 Å². The van der Waals surface area contributed by atoms with Gasteiger partial charge in [0.25, 0.3) is 5.91 Å². The molecule has 0 radical (unpaired) electrons. The molecule has 2 N–H and O–H groups in total. The summed E-state index contributed by atoms with van der Waals surface area (Å²) < 4.78 is 10.9. The molecule has 3 aromatic carbocycles. The summed E-state index contributed by atoms with van der Waals surface area (Å²) >= 11 is 6.06. The number of anilines is 1. The van der Waals surface area contributed by atoms with Crippen molar-refractivity contribution in [3.05, 3.63) is 106 Å². The number of hydrogen-bond donors (Lipinski definition) is 2. The highest BCUT2D eigenvalue weighted by molar-refractivity contribution is 6.31. The Balaban J connectivity index is 1.57. The molecule has 1 aliphatic rings. The normalized spacial score (nSPS) is 15.4. The standard InChI is InChI=1S/C29H22ClNO7/c1-2-13-37-29(36)17-3-8-20(9-4-17)31-25(16-5-10-21(32)11-6-16)24(27(34)28(31)35)26(33)23-15-18-14-19(30)7-12-22(18)38-23/h3-12,14-15,25,32,34H,2,13H2,1H3. The first-order chi connectivity index (χ1) is 18.3. The van der Waals surface area contributed by atoms with Crippen LogP contribution in [0.15, 0.2) is 88.5 Å². The van der Waals surface area contributed by atoms with Gasteiger partial charge in [-0.3, -0.25) is 14.5 Å². The molecule has 1 amide bonds. The second-order valence-electron chi connectivity index (χ2n) is 8.74. The predicted molar refractivity (Wildman–Crippen MR) is 141 cm³/mol. The van der Waals surface area contributed by atoms with E-state index in [9.17, 15) is 24.6 Å². The quantitative estimate of drug-likeness (QED) is 0.217. The molecule has 8 nitrogen and oxygen atoms in total. The number of aromatic hydroxyl groups is 1. The number of phenols is 1. The Morgan fingerprint density at radius 2 is 1.71 bits per heavy atom. The van der Waals surface area contributed by atoms with Crippen LogP contribution in [0, 0.1) is 0 Å². The van der Waals surface area contributed by atoms with Crippen molar-refractivity contribution in [1.82, 2.24) is 0 Å². The van der Waals surface area contributed by atoms with E-state index in [1.54, 1.807) is 30.3 Å². The van der Waals surface area contributed by atoms with Crippen LogP contribution in [-0.4, -0.2) is 34.5 Å². The smallest absolute Gasteiger partial charge is 0.338 e. The molecule has 38 heavy (non-hydrogen) atoms. The third-order valence-electron chi connectivity index (χ3n) is 6.18. The zero-order valence-corrected chi connectivity index (χ0v) is 20.9. The number of ketones is 1. The van der Waals surface area contributed by atoms with E-state index < -0.39 is 29.5 Å². The van der Waals surface area contributed by atoms with Crippen LogP contribution in [-0.2, 0) is 9.53 Å². The average Bonchev–Trinajstić information content (AvgIpc) is 3.45. The van der Waals surface area contributed by atoms with E-state index in [0.717, 1.165) is 0 Å². The van der Waals surface area contributed by atoms with Crippen molar-refractivity contribution in [2.45, 2.75) is 19.4 Å². The van der Waals surface area contributed by atoms with Crippen LogP contribution in [0.3, 0.4) is 0 Å². The minimum Gasteiger partial charge on any atom is -0.508 e. The number of aliphatic hydroxyl groups is 1. The second-order valence-corrected chi connectivity index (χ2v) is 9.17. The topological polar surface area (TPSA) is 117 Å². The van der Waals surface area contributed by atoms with Gasteiger partial charge in [0.1, 0.15) is 11.3 Å². The number of furan rings is 1. The highest BCUT2D eigenvalue weighted by atomic mass is 35.5. The summed E-state index contributed by atoms with van der Waals surface area (Å²) in [5, 5.41) is 21.8. The molecule has 0 aliphatic carbocycles. The van der Waals surface area contributed by atoms with E-state index in [1.165, 1.54) is 47.4 Å². The number of amides is 1. The fourth-order valence-corrected chi connectivity index (χ4v) is 4.55. The van der Waals surface area contributed by atoms with Crippen LogP contribution in [0.4, 0.5) is 5.69 Å². The van der Waals surface area contributed by atoms with Gasteiger partial charge < -0.3 is 19.4 Å². The van der Waals surface area contributed by atoms with Gasteiger partial charge in [-0.2, -0.15) is 0 Å². The fraction of sp³-hybridized carbons (Fsp3) is 0.138. The Kier molecular flexibility index (Phi) is 6.65. The Bertz CT molecular complexity index is 1590. The van der Waals surface area contributed by atoms with Gasteiger partial charge in [-0.25, -0.2) is 4.79 Å². The number of aliphatic hydroxyl groups excluding tert-OH is 1. The van der Waals surface area contributed by atoms with Crippen LogP contribution in [0.5, 0.6) is 5.75 Å². The van der Waals surface area contributed by atoms with Crippen molar-refractivity contribution in [2.75, 3.05) is 11.5 Å². The number of nitrogens with zero attached hydrogens (tertiary/aromatic N) is 1. The third kappa shape index (κ3) is 4.50. The first kappa shape index (κ1) is 25.1. The van der Waals surface area contributed by atoms with Gasteiger partial charge in [-0.15, -0.1) is 0 Å². The van der Waals surface area contributed by atoms with Gasteiger partial charge in [-0.05, 0) is 72.6 Å². The number of hydrogen-bond acceptors (Lipinski definition) is 7. The van der Waals surface area contributed by atoms with Gasteiger partial charge in [0.2, 0.25) is 5.78 Å². The number of phenolic OH excluding ortho intramolecular Hbond substituents is 1. The third-order valence-corrected chi connectivity index (χ3v) is 6.42. The minimum atomic E-state index is -1.04. The summed E-state index contributed by atoms with van der Waals surface area (Å²) in [7, 11) is 0. The second kappa shape index (κ2) is 10.1. The highest BCUT2D eigenvalue weighted by Crippen LogP contribution is 2.42. The molecule has 1 atom stereocenters. The Morgan fingerprint density at radius 3 is 2.39 bits per heavy atom. The zero-order chi connectivity index (χ0) is 27.0. The first-order valence-electron chi connectivity index (χ1n) is 11.8. The van der Waals surface area contributed by atoms with Crippen LogP contribution < -0.4 is 4.90 Å². The molecule has 2 heterocycles. The highest BCUT2D eigenvalue weighted by Gasteiger charge is 2.45. The molecule has 1 aromatic heterocycles. The number of fused-ring (bicyclic) bond motifs is 1. The van der Waals surface area contributed by atoms with Gasteiger partial charge in [0, 0.05) is 16.1 Å². The molecule has 192 valence electrons. The predicted octanol–water partition coefficient (Wildman–Crippen LogP) is 6.14. The van der Waals surface area contributed by atoms with Crippen molar-refractivity contribution in [3.63, 3.8) is 0 Å². The summed E-state index contributed by atoms with van der Waals surface area (Å²) in [4.78, 5) is 40.5. The van der Waals surface area contributed by atoms with E-state index in [0.29, 0.717) is 39.2 Å². The Hall–Kier alpha value is -4.56. The molecule has 0 saturated heterocycles. The molecule has 0 fully saturated rings. The van der Waals surface area contributed by atoms with E-state index >= 15 is 0 Å². The number of Topliss-reactive ketones (excluding diaryl/α,β-unsaturated/α-hetero) is 1. The van der Waals surface area contributed by atoms with Crippen molar-refractivity contribution < 1.29 is 33.8 Å². The van der Waals surface area contributed by atoms with Gasteiger partial charge in [0.05, 0.1) is 23.8 Å². The number of rotatable bonds is 7. The monoisotopic (exact) mass is 531 g/mol. The van der Waals surface area contributed by atoms with Crippen LogP contribution >= 0.6 is 11.6 Å². The average molecular weight is 532 g/mol. The summed E-state index contributed by atoms with van der Waals surface area (Å²) in [6, 6.07) is 17.4.